The second-order valence-corrected chi connectivity index (χ2v) is 1.48. The van der Waals surface area contributed by atoms with Gasteiger partial charge in [-0.2, -0.15) is 0 Å². The highest BCUT2D eigenvalue weighted by atomic mass is 16.5. The van der Waals surface area contributed by atoms with Crippen molar-refractivity contribution in [2.45, 2.75) is 0 Å². The van der Waals surface area contributed by atoms with Crippen molar-refractivity contribution in [2.24, 2.45) is 0 Å². The molecule has 0 fully saturated rings. The van der Waals surface area contributed by atoms with E-state index < -0.39 is 6.03 Å². The van der Waals surface area contributed by atoms with Crippen LogP contribution in [-0.2, 0) is 0 Å². The molecule has 0 saturated heterocycles. The van der Waals surface area contributed by atoms with E-state index in [9.17, 15) is 4.79 Å². The summed E-state index contributed by atoms with van der Waals surface area (Å²) in [7, 11) is 1.20. The topological polar surface area (TPSA) is 72.8 Å². The zero-order valence-electron chi connectivity index (χ0n) is 5.16. The molecule has 2 amide bonds. The van der Waals surface area contributed by atoms with Crippen molar-refractivity contribution in [3.63, 3.8) is 0 Å². The van der Waals surface area contributed by atoms with Crippen LogP contribution in [0.25, 0.3) is 0 Å². The zero-order chi connectivity index (χ0) is 7.28. The number of aliphatic hydroxyl groups is 1. The van der Waals surface area contributed by atoms with Gasteiger partial charge in [0, 0.05) is 13.6 Å². The lowest BCUT2D eigenvalue weighted by atomic mass is 10.7. The van der Waals surface area contributed by atoms with E-state index in [4.69, 9.17) is 10.3 Å². The molecule has 0 aromatic carbocycles. The zero-order valence-corrected chi connectivity index (χ0v) is 5.16. The minimum atomic E-state index is -0.621. The van der Waals surface area contributed by atoms with E-state index in [0.29, 0.717) is 5.06 Å². The molecule has 0 spiro atoms. The van der Waals surface area contributed by atoms with Crippen molar-refractivity contribution in [1.29, 1.82) is 0 Å². The average Bonchev–Trinajstić information content (AvgIpc) is 1.82. The highest BCUT2D eigenvalue weighted by Gasteiger charge is 2.00. The predicted octanol–water partition coefficient (Wildman–Crippen LogP) is -0.991. The maximum Gasteiger partial charge on any atom is 0.340 e. The molecule has 5 heteroatoms. The van der Waals surface area contributed by atoms with Gasteiger partial charge in [-0.15, -0.1) is 0 Å². The Hall–Kier alpha value is -0.810. The second-order valence-electron chi connectivity index (χ2n) is 1.48. The van der Waals surface area contributed by atoms with Gasteiger partial charge in [-0.3, -0.25) is 5.21 Å². The summed E-state index contributed by atoms with van der Waals surface area (Å²) in [6.45, 7) is 0.0311. The first-order chi connectivity index (χ1) is 4.18. The van der Waals surface area contributed by atoms with Gasteiger partial charge in [0.15, 0.2) is 0 Å². The van der Waals surface area contributed by atoms with Crippen LogP contribution >= 0.6 is 0 Å². The lowest BCUT2D eigenvalue weighted by molar-refractivity contribution is -0.0185. The third kappa shape index (κ3) is 3.75. The van der Waals surface area contributed by atoms with Gasteiger partial charge in [-0.25, -0.2) is 9.86 Å². The highest BCUT2D eigenvalue weighted by Crippen LogP contribution is 1.73. The van der Waals surface area contributed by atoms with Crippen LogP contribution in [0.3, 0.4) is 0 Å². The van der Waals surface area contributed by atoms with Gasteiger partial charge in [0.1, 0.15) is 0 Å². The average molecular weight is 134 g/mol. The minimum absolute atomic E-state index is 0.125. The summed E-state index contributed by atoms with van der Waals surface area (Å²) in [6, 6.07) is -0.621. The summed E-state index contributed by atoms with van der Waals surface area (Å²) in [5.41, 5.74) is 0. The Balaban J connectivity index is 3.28. The van der Waals surface area contributed by atoms with Crippen molar-refractivity contribution >= 4 is 6.03 Å². The lowest BCUT2D eigenvalue weighted by Crippen LogP contribution is -2.36. The fourth-order valence-electron chi connectivity index (χ4n) is 0.277. The molecule has 54 valence electrons. The number of carbonyl (C=O) groups excluding carboxylic acids is 1. The number of nitrogens with zero attached hydrogens (tertiary/aromatic N) is 1. The van der Waals surface area contributed by atoms with Crippen LogP contribution in [0.5, 0.6) is 0 Å². The monoisotopic (exact) mass is 134 g/mol. The molecule has 5 nitrogen and oxygen atoms in total. The molecule has 0 bridgehead atoms. The third-order valence-corrected chi connectivity index (χ3v) is 0.682. The van der Waals surface area contributed by atoms with Gasteiger partial charge in [0.25, 0.3) is 0 Å². The van der Waals surface area contributed by atoms with Crippen molar-refractivity contribution in [3.05, 3.63) is 0 Å². The Morgan fingerprint density at radius 1 is 1.78 bits per heavy atom. The van der Waals surface area contributed by atoms with Crippen LogP contribution in [0.4, 0.5) is 4.79 Å². The van der Waals surface area contributed by atoms with E-state index >= 15 is 0 Å². The largest absolute Gasteiger partial charge is 0.395 e. The van der Waals surface area contributed by atoms with E-state index in [1.807, 2.05) is 0 Å². The number of urea groups is 1. The molecule has 0 radical (unpaired) electrons. The SMILES string of the molecule is CN(O)C(=O)NCCO. The number of hydroxylamine groups is 2. The number of nitrogens with one attached hydrogen (secondary N) is 1. The summed E-state index contributed by atoms with van der Waals surface area (Å²) in [6.07, 6.45) is 0. The summed E-state index contributed by atoms with van der Waals surface area (Å²) in [5.74, 6) is 0. The Morgan fingerprint density at radius 2 is 2.33 bits per heavy atom. The molecule has 9 heavy (non-hydrogen) atoms. The Bertz CT molecular complexity index is 93.8. The van der Waals surface area contributed by atoms with Crippen LogP contribution < -0.4 is 5.32 Å². The van der Waals surface area contributed by atoms with E-state index in [2.05, 4.69) is 5.32 Å². The predicted molar refractivity (Wildman–Crippen MR) is 30.0 cm³/mol. The van der Waals surface area contributed by atoms with Gasteiger partial charge in [-0.05, 0) is 0 Å². The van der Waals surface area contributed by atoms with Gasteiger partial charge in [0.05, 0.1) is 6.61 Å². The Kier molecular flexibility index (Phi) is 3.74. The second kappa shape index (κ2) is 4.11. The van der Waals surface area contributed by atoms with Crippen LogP contribution in [0.2, 0.25) is 0 Å². The molecule has 0 aromatic heterocycles. The van der Waals surface area contributed by atoms with Gasteiger partial charge >= 0.3 is 6.03 Å². The first-order valence-electron chi connectivity index (χ1n) is 2.49. The molecule has 0 heterocycles. The summed E-state index contributed by atoms with van der Waals surface area (Å²) < 4.78 is 0. The Labute approximate surface area is 52.8 Å². The summed E-state index contributed by atoms with van der Waals surface area (Å²) in [4.78, 5) is 10.4. The van der Waals surface area contributed by atoms with Crippen LogP contribution in [-0.4, -0.2) is 41.6 Å². The van der Waals surface area contributed by atoms with Gasteiger partial charge in [0.2, 0.25) is 0 Å². The maximum absolute atomic E-state index is 10.4. The molecule has 3 N–H and O–H groups in total. The first kappa shape index (κ1) is 8.19. The van der Waals surface area contributed by atoms with Crippen molar-refractivity contribution in [1.82, 2.24) is 10.4 Å². The number of rotatable bonds is 2. The third-order valence-electron chi connectivity index (χ3n) is 0.682. The fourth-order valence-corrected chi connectivity index (χ4v) is 0.277. The molecule has 0 aliphatic carbocycles. The lowest BCUT2D eigenvalue weighted by Gasteiger charge is -2.07. The van der Waals surface area contributed by atoms with Gasteiger partial charge < -0.3 is 10.4 Å². The summed E-state index contributed by atoms with van der Waals surface area (Å²) in [5, 5.41) is 19.2. The normalized spacial score (nSPS) is 8.78. The highest BCUT2D eigenvalue weighted by molar-refractivity contribution is 5.72. The molecule has 0 rings (SSSR count). The van der Waals surface area contributed by atoms with Gasteiger partial charge in [-0.1, -0.05) is 0 Å². The first-order valence-corrected chi connectivity index (χ1v) is 2.49. The molecular weight excluding hydrogens is 124 g/mol. The standard InChI is InChI=1S/C4H10N2O3/c1-6(9)4(8)5-2-3-7/h7,9H,2-3H2,1H3,(H,5,8). The molecule has 0 aliphatic rings. The number of amides is 2. The van der Waals surface area contributed by atoms with E-state index in [-0.39, 0.29) is 13.2 Å². The molecular formula is C4H10N2O3. The van der Waals surface area contributed by atoms with E-state index in [1.54, 1.807) is 0 Å². The summed E-state index contributed by atoms with van der Waals surface area (Å²) >= 11 is 0. The van der Waals surface area contributed by atoms with Crippen molar-refractivity contribution < 1.29 is 15.1 Å². The number of aliphatic hydroxyl groups excluding tert-OH is 1. The number of hydrogen-bond donors (Lipinski definition) is 3. The molecule has 0 atom stereocenters. The van der Waals surface area contributed by atoms with Crippen LogP contribution in [0.15, 0.2) is 0 Å². The maximum atomic E-state index is 10.4. The Morgan fingerprint density at radius 3 is 2.67 bits per heavy atom. The van der Waals surface area contributed by atoms with E-state index in [1.165, 1.54) is 7.05 Å². The molecule has 0 aromatic rings. The smallest absolute Gasteiger partial charge is 0.340 e. The van der Waals surface area contributed by atoms with E-state index in [0.717, 1.165) is 0 Å². The fraction of sp³-hybridized carbons (Fsp3) is 0.750. The number of hydrogen-bond acceptors (Lipinski definition) is 3. The van der Waals surface area contributed by atoms with Crippen LogP contribution in [0, 0.1) is 0 Å². The van der Waals surface area contributed by atoms with Crippen LogP contribution in [0.1, 0.15) is 0 Å². The molecule has 0 aliphatic heterocycles. The number of carbonyl (C=O) groups is 1. The molecule has 0 unspecified atom stereocenters. The van der Waals surface area contributed by atoms with Crippen molar-refractivity contribution in [3.8, 4) is 0 Å². The quantitative estimate of drug-likeness (QED) is 0.335. The molecule has 0 saturated carbocycles. The van der Waals surface area contributed by atoms with Crippen molar-refractivity contribution in [2.75, 3.05) is 20.2 Å². The minimum Gasteiger partial charge on any atom is -0.395 e.